The first-order chi connectivity index (χ1) is 9.74. The number of fused-ring (bicyclic) bond motifs is 1. The summed E-state index contributed by atoms with van der Waals surface area (Å²) in [5.74, 6) is -0.139. The van der Waals surface area contributed by atoms with Gasteiger partial charge in [0.25, 0.3) is 5.91 Å². The maximum absolute atomic E-state index is 12.2. The van der Waals surface area contributed by atoms with Gasteiger partial charge in [0.2, 0.25) is 0 Å². The molecule has 0 fully saturated rings. The minimum Gasteiger partial charge on any atom is -0.348 e. The van der Waals surface area contributed by atoms with Crippen LogP contribution in [0.3, 0.4) is 0 Å². The average molecular weight is 286 g/mol. The van der Waals surface area contributed by atoms with E-state index in [2.05, 4.69) is 15.5 Å². The number of aromatic nitrogens is 2. The van der Waals surface area contributed by atoms with Gasteiger partial charge in [-0.2, -0.15) is 5.10 Å². The third-order valence-electron chi connectivity index (χ3n) is 3.06. The van der Waals surface area contributed by atoms with Gasteiger partial charge >= 0.3 is 0 Å². The van der Waals surface area contributed by atoms with Crippen LogP contribution in [0.5, 0.6) is 0 Å². The maximum atomic E-state index is 12.2. The summed E-state index contributed by atoms with van der Waals surface area (Å²) >= 11 is 5.91. The molecule has 0 aliphatic rings. The molecule has 0 atom stereocenters. The fourth-order valence-corrected chi connectivity index (χ4v) is 2.30. The van der Waals surface area contributed by atoms with Crippen LogP contribution in [-0.2, 0) is 6.54 Å². The highest BCUT2D eigenvalue weighted by Crippen LogP contribution is 2.16. The van der Waals surface area contributed by atoms with Gasteiger partial charge < -0.3 is 5.32 Å². The Morgan fingerprint density at radius 2 is 2.10 bits per heavy atom. The van der Waals surface area contributed by atoms with Crippen molar-refractivity contribution < 1.29 is 4.79 Å². The van der Waals surface area contributed by atoms with E-state index < -0.39 is 0 Å². The number of hydrogen-bond donors (Lipinski definition) is 2. The number of nitrogens with zero attached hydrogens (tertiary/aromatic N) is 1. The first kappa shape index (κ1) is 12.7. The summed E-state index contributed by atoms with van der Waals surface area (Å²) in [5.41, 5.74) is 2.29. The minimum absolute atomic E-state index is 0.139. The summed E-state index contributed by atoms with van der Waals surface area (Å²) in [5, 5.41) is 11.3. The molecule has 0 aliphatic heterocycles. The molecule has 0 saturated carbocycles. The zero-order valence-corrected chi connectivity index (χ0v) is 11.3. The Kier molecular flexibility index (Phi) is 3.39. The quantitative estimate of drug-likeness (QED) is 0.777. The second kappa shape index (κ2) is 5.35. The number of halogens is 1. The van der Waals surface area contributed by atoms with Crippen molar-refractivity contribution in [1.82, 2.24) is 15.5 Å². The van der Waals surface area contributed by atoms with E-state index in [1.807, 2.05) is 30.3 Å². The number of aromatic amines is 1. The molecule has 1 amide bonds. The number of para-hydroxylation sites is 1. The summed E-state index contributed by atoms with van der Waals surface area (Å²) in [6, 6.07) is 12.9. The summed E-state index contributed by atoms with van der Waals surface area (Å²) in [6.07, 6.45) is 1.70. The molecule has 2 N–H and O–H groups in total. The standard InChI is InChI=1S/C15H12ClN3O/c16-12-5-1-3-10(7-12)8-17-15(20)13-6-2-4-11-9-18-19-14(11)13/h1-7,9H,8H2,(H,17,20)(H,18,19). The average Bonchev–Trinajstić information content (AvgIpc) is 2.93. The monoisotopic (exact) mass is 285 g/mol. The lowest BCUT2D eigenvalue weighted by atomic mass is 10.1. The summed E-state index contributed by atoms with van der Waals surface area (Å²) in [7, 11) is 0. The van der Waals surface area contributed by atoms with Crippen LogP contribution in [-0.4, -0.2) is 16.1 Å². The third-order valence-corrected chi connectivity index (χ3v) is 3.30. The fourth-order valence-electron chi connectivity index (χ4n) is 2.08. The van der Waals surface area contributed by atoms with Gasteiger partial charge in [0.1, 0.15) is 0 Å². The molecule has 100 valence electrons. The molecule has 2 aromatic carbocycles. The van der Waals surface area contributed by atoms with Crippen LogP contribution in [0.15, 0.2) is 48.7 Å². The van der Waals surface area contributed by atoms with E-state index in [4.69, 9.17) is 11.6 Å². The van der Waals surface area contributed by atoms with Crippen LogP contribution in [0, 0.1) is 0 Å². The second-order valence-corrected chi connectivity index (χ2v) is 4.89. The van der Waals surface area contributed by atoms with Crippen molar-refractivity contribution in [2.24, 2.45) is 0 Å². The summed E-state index contributed by atoms with van der Waals surface area (Å²) in [6.45, 7) is 0.434. The number of H-pyrrole nitrogens is 1. The molecule has 3 aromatic rings. The van der Waals surface area contributed by atoms with E-state index in [1.54, 1.807) is 18.3 Å². The van der Waals surface area contributed by atoms with Crippen LogP contribution in [0.25, 0.3) is 10.9 Å². The first-order valence-corrected chi connectivity index (χ1v) is 6.56. The maximum Gasteiger partial charge on any atom is 0.253 e. The van der Waals surface area contributed by atoms with E-state index in [9.17, 15) is 4.79 Å². The predicted molar refractivity (Wildman–Crippen MR) is 78.7 cm³/mol. The van der Waals surface area contributed by atoms with Gasteiger partial charge in [0.15, 0.2) is 0 Å². The smallest absolute Gasteiger partial charge is 0.253 e. The lowest BCUT2D eigenvalue weighted by molar-refractivity contribution is 0.0952. The topological polar surface area (TPSA) is 57.8 Å². The highest BCUT2D eigenvalue weighted by molar-refractivity contribution is 6.30. The van der Waals surface area contributed by atoms with Crippen molar-refractivity contribution >= 4 is 28.4 Å². The van der Waals surface area contributed by atoms with Gasteiger partial charge in [0, 0.05) is 17.0 Å². The predicted octanol–water partition coefficient (Wildman–Crippen LogP) is 3.15. The van der Waals surface area contributed by atoms with Gasteiger partial charge in [-0.1, -0.05) is 35.9 Å². The lowest BCUT2D eigenvalue weighted by Crippen LogP contribution is -2.23. The molecular formula is C15H12ClN3O. The molecule has 3 rings (SSSR count). The van der Waals surface area contributed by atoms with Crippen LogP contribution >= 0.6 is 11.6 Å². The number of rotatable bonds is 3. The third kappa shape index (κ3) is 2.51. The van der Waals surface area contributed by atoms with E-state index in [1.165, 1.54) is 0 Å². The molecule has 0 radical (unpaired) electrons. The highest BCUT2D eigenvalue weighted by atomic mass is 35.5. The number of amides is 1. The van der Waals surface area contributed by atoms with Gasteiger partial charge in [-0.25, -0.2) is 0 Å². The van der Waals surface area contributed by atoms with Crippen molar-refractivity contribution in [3.05, 3.63) is 64.8 Å². The second-order valence-electron chi connectivity index (χ2n) is 4.45. The van der Waals surface area contributed by atoms with Crippen LogP contribution in [0.1, 0.15) is 15.9 Å². The van der Waals surface area contributed by atoms with E-state index >= 15 is 0 Å². The molecule has 0 saturated heterocycles. The Morgan fingerprint density at radius 1 is 1.25 bits per heavy atom. The van der Waals surface area contributed by atoms with Gasteiger partial charge in [-0.3, -0.25) is 9.89 Å². The molecular weight excluding hydrogens is 274 g/mol. The van der Waals surface area contributed by atoms with E-state index in [0.29, 0.717) is 17.1 Å². The van der Waals surface area contributed by atoms with E-state index in [-0.39, 0.29) is 5.91 Å². The van der Waals surface area contributed by atoms with Crippen molar-refractivity contribution in [1.29, 1.82) is 0 Å². The normalized spacial score (nSPS) is 10.7. The summed E-state index contributed by atoms with van der Waals surface area (Å²) < 4.78 is 0. The van der Waals surface area contributed by atoms with Crippen molar-refractivity contribution in [3.63, 3.8) is 0 Å². The Hall–Kier alpha value is -2.33. The van der Waals surface area contributed by atoms with Crippen molar-refractivity contribution in [2.75, 3.05) is 0 Å². The van der Waals surface area contributed by atoms with E-state index in [0.717, 1.165) is 16.5 Å². The Labute approximate surface area is 120 Å². The van der Waals surface area contributed by atoms with Gasteiger partial charge in [-0.05, 0) is 23.8 Å². The largest absolute Gasteiger partial charge is 0.348 e. The number of hydrogen-bond acceptors (Lipinski definition) is 2. The van der Waals surface area contributed by atoms with Crippen molar-refractivity contribution in [2.45, 2.75) is 6.54 Å². The molecule has 1 aromatic heterocycles. The van der Waals surface area contributed by atoms with Gasteiger partial charge in [-0.15, -0.1) is 0 Å². The molecule has 20 heavy (non-hydrogen) atoms. The molecule has 0 spiro atoms. The SMILES string of the molecule is O=C(NCc1cccc(Cl)c1)c1cccc2cn[nH]c12. The molecule has 0 unspecified atom stereocenters. The molecule has 1 heterocycles. The summed E-state index contributed by atoms with van der Waals surface area (Å²) in [4.78, 5) is 12.2. The molecule has 5 heteroatoms. The number of carbonyl (C=O) groups excluding carboxylic acids is 1. The Bertz CT molecular complexity index is 766. The van der Waals surface area contributed by atoms with Crippen LogP contribution in [0.4, 0.5) is 0 Å². The zero-order chi connectivity index (χ0) is 13.9. The number of nitrogens with one attached hydrogen (secondary N) is 2. The molecule has 0 aliphatic carbocycles. The van der Waals surface area contributed by atoms with Crippen LogP contribution < -0.4 is 5.32 Å². The fraction of sp³-hybridized carbons (Fsp3) is 0.0667. The number of benzene rings is 2. The zero-order valence-electron chi connectivity index (χ0n) is 10.6. The first-order valence-electron chi connectivity index (χ1n) is 6.19. The molecule has 0 bridgehead atoms. The number of carbonyl (C=O) groups is 1. The van der Waals surface area contributed by atoms with Gasteiger partial charge in [0.05, 0.1) is 17.3 Å². The lowest BCUT2D eigenvalue weighted by Gasteiger charge is -2.06. The molecule has 4 nitrogen and oxygen atoms in total. The highest BCUT2D eigenvalue weighted by Gasteiger charge is 2.10. The van der Waals surface area contributed by atoms with Crippen LogP contribution in [0.2, 0.25) is 5.02 Å². The minimum atomic E-state index is -0.139. The Morgan fingerprint density at radius 3 is 2.95 bits per heavy atom. The van der Waals surface area contributed by atoms with Crippen molar-refractivity contribution in [3.8, 4) is 0 Å². The Balaban J connectivity index is 1.78.